The molecule has 0 atom stereocenters. The zero-order valence-electron chi connectivity index (χ0n) is 13.7. The van der Waals surface area contributed by atoms with Crippen LogP contribution in [0, 0.1) is 22.1 Å². The van der Waals surface area contributed by atoms with Crippen LogP contribution in [0.5, 0.6) is 0 Å². The molecule has 0 spiro atoms. The van der Waals surface area contributed by atoms with E-state index < -0.39 is 17.5 Å². The van der Waals surface area contributed by atoms with Gasteiger partial charge in [0.25, 0.3) is 5.91 Å². The standard InChI is InChI=1S/C18H17F2IN2O2/c1-3-4-9-25-23-18(24)13-6-7-14(19)16(20)17(13)22-15-8-5-12(21)10-11(15)2/h3-8,10,22H,9H2,1-2H3,(H,23,24)/b4-3+. The molecule has 0 saturated heterocycles. The topological polar surface area (TPSA) is 50.4 Å². The number of nitrogens with one attached hydrogen (secondary N) is 2. The summed E-state index contributed by atoms with van der Waals surface area (Å²) in [6.45, 7) is 3.82. The van der Waals surface area contributed by atoms with E-state index in [-0.39, 0.29) is 17.9 Å². The van der Waals surface area contributed by atoms with Crippen LogP contribution in [0.4, 0.5) is 20.2 Å². The van der Waals surface area contributed by atoms with Crippen LogP contribution >= 0.6 is 22.6 Å². The Kier molecular flexibility index (Phi) is 6.89. The number of halogens is 3. The van der Waals surface area contributed by atoms with Crippen molar-refractivity contribution in [2.45, 2.75) is 13.8 Å². The number of aryl methyl sites for hydroxylation is 1. The minimum atomic E-state index is -1.13. The quantitative estimate of drug-likeness (QED) is 0.282. The van der Waals surface area contributed by atoms with Crippen LogP contribution in [-0.2, 0) is 4.84 Å². The molecule has 2 aromatic carbocycles. The van der Waals surface area contributed by atoms with Crippen molar-refractivity contribution < 1.29 is 18.4 Å². The molecule has 0 aromatic heterocycles. The number of hydrogen-bond donors (Lipinski definition) is 2. The van der Waals surface area contributed by atoms with Gasteiger partial charge in [0.2, 0.25) is 0 Å². The monoisotopic (exact) mass is 458 g/mol. The number of hydroxylamine groups is 1. The molecule has 0 unspecified atom stereocenters. The Bertz CT molecular complexity index is 810. The van der Waals surface area contributed by atoms with Gasteiger partial charge in [-0.1, -0.05) is 12.2 Å². The highest BCUT2D eigenvalue weighted by Crippen LogP contribution is 2.28. The average Bonchev–Trinajstić information content (AvgIpc) is 2.58. The first-order valence-corrected chi connectivity index (χ1v) is 8.56. The molecule has 0 aliphatic heterocycles. The van der Waals surface area contributed by atoms with E-state index in [1.165, 1.54) is 6.07 Å². The Morgan fingerprint density at radius 2 is 2.04 bits per heavy atom. The fourth-order valence-electron chi connectivity index (χ4n) is 2.07. The summed E-state index contributed by atoms with van der Waals surface area (Å²) in [5.74, 6) is -2.84. The van der Waals surface area contributed by atoms with E-state index in [0.717, 1.165) is 15.2 Å². The second-order valence-electron chi connectivity index (χ2n) is 5.18. The van der Waals surface area contributed by atoms with Crippen LogP contribution in [0.2, 0.25) is 0 Å². The number of carbonyl (C=O) groups is 1. The maximum atomic E-state index is 14.3. The highest BCUT2D eigenvalue weighted by Gasteiger charge is 2.19. The summed E-state index contributed by atoms with van der Waals surface area (Å²) >= 11 is 2.16. The first-order chi connectivity index (χ1) is 11.9. The molecule has 0 aliphatic rings. The third-order valence-corrected chi connectivity index (χ3v) is 4.04. The summed E-state index contributed by atoms with van der Waals surface area (Å²) in [6, 6.07) is 7.57. The summed E-state index contributed by atoms with van der Waals surface area (Å²) < 4.78 is 29.0. The van der Waals surface area contributed by atoms with E-state index in [2.05, 4.69) is 33.4 Å². The number of rotatable bonds is 6. The summed E-state index contributed by atoms with van der Waals surface area (Å²) in [4.78, 5) is 17.2. The number of carbonyl (C=O) groups excluding carboxylic acids is 1. The lowest BCUT2D eigenvalue weighted by molar-refractivity contribution is 0.0421. The normalized spacial score (nSPS) is 10.9. The van der Waals surface area contributed by atoms with E-state index in [4.69, 9.17) is 4.84 Å². The number of benzene rings is 2. The number of allylic oxidation sites excluding steroid dienone is 1. The Balaban J connectivity index is 2.32. The van der Waals surface area contributed by atoms with Crippen molar-refractivity contribution in [1.82, 2.24) is 5.48 Å². The minimum absolute atomic E-state index is 0.0580. The van der Waals surface area contributed by atoms with Gasteiger partial charge >= 0.3 is 0 Å². The Hall–Kier alpha value is -2.00. The van der Waals surface area contributed by atoms with E-state index in [1.807, 2.05) is 26.0 Å². The van der Waals surface area contributed by atoms with E-state index >= 15 is 0 Å². The van der Waals surface area contributed by atoms with Crippen LogP contribution in [0.1, 0.15) is 22.8 Å². The van der Waals surface area contributed by atoms with Gasteiger partial charge in [0.15, 0.2) is 11.6 Å². The molecule has 132 valence electrons. The van der Waals surface area contributed by atoms with Gasteiger partial charge in [0, 0.05) is 9.26 Å². The van der Waals surface area contributed by atoms with Crippen LogP contribution in [0.25, 0.3) is 0 Å². The molecule has 0 heterocycles. The van der Waals surface area contributed by atoms with Crippen LogP contribution in [-0.4, -0.2) is 12.5 Å². The molecule has 2 aromatic rings. The lowest BCUT2D eigenvalue weighted by atomic mass is 10.1. The van der Waals surface area contributed by atoms with Gasteiger partial charge in [-0.25, -0.2) is 14.3 Å². The van der Waals surface area contributed by atoms with Gasteiger partial charge in [-0.3, -0.25) is 9.63 Å². The second-order valence-corrected chi connectivity index (χ2v) is 6.43. The van der Waals surface area contributed by atoms with E-state index in [9.17, 15) is 13.6 Å². The van der Waals surface area contributed by atoms with Crippen molar-refractivity contribution in [3.63, 3.8) is 0 Å². The molecule has 2 N–H and O–H groups in total. The molecular formula is C18H17F2IN2O2. The first kappa shape index (κ1) is 19.3. The predicted molar refractivity (Wildman–Crippen MR) is 102 cm³/mol. The molecule has 0 fully saturated rings. The van der Waals surface area contributed by atoms with Crippen LogP contribution in [0.3, 0.4) is 0 Å². The van der Waals surface area contributed by atoms with Gasteiger partial charge in [-0.05, 0) is 72.3 Å². The highest BCUT2D eigenvalue weighted by atomic mass is 127. The van der Waals surface area contributed by atoms with E-state index in [0.29, 0.717) is 5.69 Å². The van der Waals surface area contributed by atoms with Crippen molar-refractivity contribution in [2.24, 2.45) is 0 Å². The van der Waals surface area contributed by atoms with Gasteiger partial charge in [-0.2, -0.15) is 0 Å². The van der Waals surface area contributed by atoms with Gasteiger partial charge < -0.3 is 5.32 Å². The van der Waals surface area contributed by atoms with Crippen LogP contribution < -0.4 is 10.8 Å². The third-order valence-electron chi connectivity index (χ3n) is 3.37. The van der Waals surface area contributed by atoms with Crippen molar-refractivity contribution >= 4 is 39.9 Å². The Morgan fingerprint density at radius 1 is 1.28 bits per heavy atom. The third kappa shape index (κ3) is 4.99. The maximum Gasteiger partial charge on any atom is 0.277 e. The largest absolute Gasteiger partial charge is 0.352 e. The molecule has 4 nitrogen and oxygen atoms in total. The Morgan fingerprint density at radius 3 is 2.72 bits per heavy atom. The molecule has 7 heteroatoms. The smallest absolute Gasteiger partial charge is 0.277 e. The molecule has 25 heavy (non-hydrogen) atoms. The van der Waals surface area contributed by atoms with Gasteiger partial charge in [0.1, 0.15) is 0 Å². The molecule has 0 aliphatic carbocycles. The summed E-state index contributed by atoms with van der Waals surface area (Å²) in [5, 5.41) is 2.81. The molecule has 0 bridgehead atoms. The minimum Gasteiger partial charge on any atom is -0.352 e. The SMILES string of the molecule is C/C=C/CONC(=O)c1ccc(F)c(F)c1Nc1ccc(I)cc1C. The highest BCUT2D eigenvalue weighted by molar-refractivity contribution is 14.1. The molecule has 0 saturated carbocycles. The number of hydrogen-bond acceptors (Lipinski definition) is 3. The van der Waals surface area contributed by atoms with Crippen molar-refractivity contribution in [3.05, 3.63) is 68.8 Å². The zero-order chi connectivity index (χ0) is 18.4. The molecular weight excluding hydrogens is 441 g/mol. The number of anilines is 2. The number of amides is 1. The maximum absolute atomic E-state index is 14.3. The van der Waals surface area contributed by atoms with Gasteiger partial charge in [-0.15, -0.1) is 0 Å². The average molecular weight is 458 g/mol. The second kappa shape index (κ2) is 8.91. The Labute approximate surface area is 158 Å². The molecule has 0 radical (unpaired) electrons. The fourth-order valence-corrected chi connectivity index (χ4v) is 2.72. The predicted octanol–water partition coefficient (Wildman–Crippen LogP) is 4.86. The van der Waals surface area contributed by atoms with Crippen molar-refractivity contribution in [1.29, 1.82) is 0 Å². The summed E-state index contributed by atoms with van der Waals surface area (Å²) in [6.07, 6.45) is 3.45. The fraction of sp³-hybridized carbons (Fsp3) is 0.167. The van der Waals surface area contributed by atoms with Crippen molar-refractivity contribution in [3.8, 4) is 0 Å². The molecule has 2 rings (SSSR count). The lowest BCUT2D eigenvalue weighted by Gasteiger charge is -2.15. The van der Waals surface area contributed by atoms with E-state index in [1.54, 1.807) is 18.2 Å². The van der Waals surface area contributed by atoms with Crippen LogP contribution in [0.15, 0.2) is 42.5 Å². The molecule has 1 amide bonds. The summed E-state index contributed by atoms with van der Waals surface area (Å²) in [7, 11) is 0. The lowest BCUT2D eigenvalue weighted by Crippen LogP contribution is -2.25. The first-order valence-electron chi connectivity index (χ1n) is 7.48. The summed E-state index contributed by atoms with van der Waals surface area (Å²) in [5.41, 5.74) is 3.33. The zero-order valence-corrected chi connectivity index (χ0v) is 15.9. The van der Waals surface area contributed by atoms with Crippen molar-refractivity contribution in [2.75, 3.05) is 11.9 Å². The van der Waals surface area contributed by atoms with Gasteiger partial charge in [0.05, 0.1) is 17.9 Å².